The average molecular weight is 353 g/mol. The third-order valence-corrected chi connectivity index (χ3v) is 4.26. The zero-order valence-electron chi connectivity index (χ0n) is 14.4. The summed E-state index contributed by atoms with van der Waals surface area (Å²) in [6.07, 6.45) is 3.24. The second kappa shape index (κ2) is 7.82. The van der Waals surface area contributed by atoms with Crippen LogP contribution in [0.4, 0.5) is 5.69 Å². The topological polar surface area (TPSA) is 81.7 Å². The Morgan fingerprint density at radius 1 is 0.923 bits per heavy atom. The van der Waals surface area contributed by atoms with Gasteiger partial charge in [-0.05, 0) is 66.8 Å². The molecule has 0 bridgehead atoms. The fourth-order valence-electron chi connectivity index (χ4n) is 2.92. The maximum absolute atomic E-state index is 12.0. The number of carbonyl (C=O) groups excluding carboxylic acids is 3. The van der Waals surface area contributed by atoms with Crippen molar-refractivity contribution in [3.05, 3.63) is 64.7 Å². The molecule has 0 aliphatic heterocycles. The lowest BCUT2D eigenvalue weighted by atomic mass is 10.1. The Morgan fingerprint density at radius 3 is 2.27 bits per heavy atom. The van der Waals surface area contributed by atoms with Crippen molar-refractivity contribution in [1.29, 1.82) is 0 Å². The number of hydrogen-bond acceptors (Lipinski definition) is 5. The normalized spacial score (nSPS) is 12.2. The zero-order chi connectivity index (χ0) is 18.5. The van der Waals surface area contributed by atoms with Gasteiger partial charge in [-0.1, -0.05) is 6.07 Å². The molecule has 2 aromatic rings. The molecule has 1 aliphatic carbocycles. The minimum atomic E-state index is -0.634. The molecular weight excluding hydrogens is 334 g/mol. The van der Waals surface area contributed by atoms with Crippen molar-refractivity contribution in [3.8, 4) is 0 Å². The Labute approximate surface area is 151 Å². The van der Waals surface area contributed by atoms with Gasteiger partial charge >= 0.3 is 11.9 Å². The number of rotatable bonds is 5. The van der Waals surface area contributed by atoms with E-state index >= 15 is 0 Å². The monoisotopic (exact) mass is 353 g/mol. The quantitative estimate of drug-likeness (QED) is 0.836. The van der Waals surface area contributed by atoms with E-state index in [1.54, 1.807) is 0 Å². The number of anilines is 1. The summed E-state index contributed by atoms with van der Waals surface area (Å²) in [5.74, 6) is -1.52. The molecule has 0 unspecified atom stereocenters. The first kappa shape index (κ1) is 17.7. The highest BCUT2D eigenvalue weighted by molar-refractivity contribution is 5.96. The van der Waals surface area contributed by atoms with Crippen LogP contribution in [0.2, 0.25) is 0 Å². The molecule has 1 N–H and O–H groups in total. The van der Waals surface area contributed by atoms with E-state index in [2.05, 4.69) is 10.1 Å². The molecule has 1 aliphatic rings. The molecule has 0 fully saturated rings. The molecule has 6 heteroatoms. The summed E-state index contributed by atoms with van der Waals surface area (Å²) in [5, 5.41) is 2.73. The Balaban J connectivity index is 1.52. The van der Waals surface area contributed by atoms with Gasteiger partial charge in [-0.2, -0.15) is 0 Å². The van der Waals surface area contributed by atoms with Crippen molar-refractivity contribution in [2.24, 2.45) is 0 Å². The van der Waals surface area contributed by atoms with Crippen molar-refractivity contribution in [3.63, 3.8) is 0 Å². The number of hydrogen-bond donors (Lipinski definition) is 1. The van der Waals surface area contributed by atoms with Gasteiger partial charge in [0.2, 0.25) is 0 Å². The molecule has 0 spiro atoms. The van der Waals surface area contributed by atoms with Crippen LogP contribution in [-0.2, 0) is 27.1 Å². The van der Waals surface area contributed by atoms with E-state index in [1.807, 2.05) is 18.2 Å². The van der Waals surface area contributed by atoms with E-state index in [0.29, 0.717) is 11.3 Å². The Kier molecular flexibility index (Phi) is 5.31. The SMILES string of the molecule is COC(=O)c1ccc(C(=O)OCC(=O)Nc2ccc3c(c2)CCC3)cc1. The second-order valence-corrected chi connectivity index (χ2v) is 6.03. The maximum atomic E-state index is 12.0. The van der Waals surface area contributed by atoms with Gasteiger partial charge < -0.3 is 14.8 Å². The summed E-state index contributed by atoms with van der Waals surface area (Å²) in [6, 6.07) is 11.7. The van der Waals surface area contributed by atoms with Gasteiger partial charge in [0.05, 0.1) is 18.2 Å². The molecule has 134 valence electrons. The van der Waals surface area contributed by atoms with Crippen molar-refractivity contribution >= 4 is 23.5 Å². The number of esters is 2. The highest BCUT2D eigenvalue weighted by Gasteiger charge is 2.14. The highest BCUT2D eigenvalue weighted by atomic mass is 16.5. The molecule has 3 rings (SSSR count). The van der Waals surface area contributed by atoms with Crippen LogP contribution in [0.1, 0.15) is 38.3 Å². The number of fused-ring (bicyclic) bond motifs is 1. The van der Waals surface area contributed by atoms with Gasteiger partial charge in [0.15, 0.2) is 6.61 Å². The van der Waals surface area contributed by atoms with Crippen molar-refractivity contribution in [1.82, 2.24) is 0 Å². The lowest BCUT2D eigenvalue weighted by molar-refractivity contribution is -0.119. The molecule has 0 heterocycles. The van der Waals surface area contributed by atoms with E-state index in [0.717, 1.165) is 19.3 Å². The Morgan fingerprint density at radius 2 is 1.58 bits per heavy atom. The van der Waals surface area contributed by atoms with E-state index < -0.39 is 17.8 Å². The summed E-state index contributed by atoms with van der Waals surface area (Å²) in [7, 11) is 1.28. The highest BCUT2D eigenvalue weighted by Crippen LogP contribution is 2.24. The third kappa shape index (κ3) is 4.08. The van der Waals surface area contributed by atoms with Gasteiger partial charge in [0.1, 0.15) is 0 Å². The number of aryl methyl sites for hydroxylation is 2. The van der Waals surface area contributed by atoms with E-state index in [9.17, 15) is 14.4 Å². The fraction of sp³-hybridized carbons (Fsp3) is 0.250. The first-order valence-corrected chi connectivity index (χ1v) is 8.34. The van der Waals surface area contributed by atoms with E-state index in [4.69, 9.17) is 4.74 Å². The lowest BCUT2D eigenvalue weighted by Crippen LogP contribution is -2.21. The second-order valence-electron chi connectivity index (χ2n) is 6.03. The van der Waals surface area contributed by atoms with Gasteiger partial charge in [-0.25, -0.2) is 9.59 Å². The smallest absolute Gasteiger partial charge is 0.338 e. The number of amides is 1. The van der Waals surface area contributed by atoms with Crippen molar-refractivity contribution < 1.29 is 23.9 Å². The first-order chi connectivity index (χ1) is 12.6. The number of nitrogens with one attached hydrogen (secondary N) is 1. The van der Waals surface area contributed by atoms with E-state index in [1.165, 1.54) is 42.5 Å². The molecule has 6 nitrogen and oxygen atoms in total. The fourth-order valence-corrected chi connectivity index (χ4v) is 2.92. The molecule has 0 saturated heterocycles. The van der Waals surface area contributed by atoms with Gasteiger partial charge in [0.25, 0.3) is 5.91 Å². The zero-order valence-corrected chi connectivity index (χ0v) is 14.4. The number of benzene rings is 2. The molecule has 0 aromatic heterocycles. The van der Waals surface area contributed by atoms with Crippen LogP contribution >= 0.6 is 0 Å². The molecule has 0 saturated carbocycles. The summed E-state index contributed by atoms with van der Waals surface area (Å²) < 4.78 is 9.61. The molecule has 2 aromatic carbocycles. The summed E-state index contributed by atoms with van der Waals surface area (Å²) in [6.45, 7) is -0.380. The van der Waals surface area contributed by atoms with Gasteiger partial charge in [-0.15, -0.1) is 0 Å². The van der Waals surface area contributed by atoms with Crippen molar-refractivity contribution in [2.45, 2.75) is 19.3 Å². The molecule has 0 atom stereocenters. The van der Waals surface area contributed by atoms with Crippen LogP contribution in [0.3, 0.4) is 0 Å². The summed E-state index contributed by atoms with van der Waals surface area (Å²) >= 11 is 0. The third-order valence-electron chi connectivity index (χ3n) is 4.26. The van der Waals surface area contributed by atoms with Crippen molar-refractivity contribution in [2.75, 3.05) is 19.0 Å². The number of carbonyl (C=O) groups is 3. The maximum Gasteiger partial charge on any atom is 0.338 e. The predicted octanol–water partition coefficient (Wildman–Crippen LogP) is 2.76. The molecule has 26 heavy (non-hydrogen) atoms. The average Bonchev–Trinajstić information content (AvgIpc) is 3.13. The Hall–Kier alpha value is -3.15. The lowest BCUT2D eigenvalue weighted by Gasteiger charge is -2.08. The number of ether oxygens (including phenoxy) is 2. The predicted molar refractivity (Wildman–Crippen MR) is 95.2 cm³/mol. The summed E-state index contributed by atoms with van der Waals surface area (Å²) in [4.78, 5) is 35.3. The van der Waals surface area contributed by atoms with Crippen LogP contribution in [0.5, 0.6) is 0 Å². The summed E-state index contributed by atoms with van der Waals surface area (Å²) in [5.41, 5.74) is 3.87. The van der Waals surface area contributed by atoms with Crippen LogP contribution in [0.25, 0.3) is 0 Å². The van der Waals surface area contributed by atoms with Crippen LogP contribution in [-0.4, -0.2) is 31.6 Å². The first-order valence-electron chi connectivity index (χ1n) is 8.34. The molecule has 0 radical (unpaired) electrons. The minimum Gasteiger partial charge on any atom is -0.465 e. The van der Waals surface area contributed by atoms with Gasteiger partial charge in [0, 0.05) is 5.69 Å². The van der Waals surface area contributed by atoms with Crippen LogP contribution in [0.15, 0.2) is 42.5 Å². The minimum absolute atomic E-state index is 0.253. The van der Waals surface area contributed by atoms with Crippen LogP contribution < -0.4 is 5.32 Å². The Bertz CT molecular complexity index is 842. The van der Waals surface area contributed by atoms with E-state index in [-0.39, 0.29) is 12.2 Å². The molecule has 1 amide bonds. The van der Waals surface area contributed by atoms with Crippen LogP contribution in [0, 0.1) is 0 Å². The standard InChI is InChI=1S/C20H19NO5/c1-25-19(23)14-5-7-15(8-6-14)20(24)26-12-18(22)21-17-10-9-13-3-2-4-16(13)11-17/h5-11H,2-4,12H2,1H3,(H,21,22). The van der Waals surface area contributed by atoms with Gasteiger partial charge in [-0.3, -0.25) is 4.79 Å². The molecular formula is C20H19NO5. The number of methoxy groups -OCH3 is 1. The largest absolute Gasteiger partial charge is 0.465 e.